The third kappa shape index (κ3) is 8.37. The number of rotatable bonds is 10. The Morgan fingerprint density at radius 3 is 0.747 bits per heavy atom. The van der Waals surface area contributed by atoms with Crippen molar-refractivity contribution >= 4 is 65.2 Å². The van der Waals surface area contributed by atoms with Crippen molar-refractivity contribution in [2.24, 2.45) is 0 Å². The first-order valence-electron chi connectivity index (χ1n) is 28.5. The molecule has 2 aromatic heterocycles. The van der Waals surface area contributed by atoms with Gasteiger partial charge in [0.25, 0.3) is 0 Å². The molecule has 0 fully saturated rings. The van der Waals surface area contributed by atoms with Crippen molar-refractivity contribution in [2.45, 2.75) is 0 Å². The maximum atomic E-state index is 6.57. The fourth-order valence-electron chi connectivity index (χ4n) is 12.8. The predicted molar refractivity (Wildman–Crippen MR) is 349 cm³/mol. The zero-order chi connectivity index (χ0) is 54.8. The van der Waals surface area contributed by atoms with Gasteiger partial charge in [0, 0.05) is 32.3 Å². The molecule has 14 aromatic carbocycles. The molecule has 0 aliphatic carbocycles. The molecule has 16 rings (SSSR count). The molecule has 0 spiro atoms. The monoisotopic (exact) mass is 1060 g/mol. The average molecular weight is 1060 g/mol. The quantitative estimate of drug-likeness (QED) is 0.134. The van der Waals surface area contributed by atoms with Crippen molar-refractivity contribution in [3.63, 3.8) is 0 Å². The first-order valence-corrected chi connectivity index (χ1v) is 28.5. The van der Waals surface area contributed by atoms with Crippen LogP contribution in [0.15, 0.2) is 315 Å². The summed E-state index contributed by atoms with van der Waals surface area (Å²) in [5.74, 6) is 1.57. The largest absolute Gasteiger partial charge is 0.457 e. The van der Waals surface area contributed by atoms with Gasteiger partial charge in [0.15, 0.2) is 0 Å². The fraction of sp³-hybridized carbons (Fsp3) is 0. The van der Waals surface area contributed by atoms with E-state index in [1.807, 2.05) is 0 Å². The Balaban J connectivity index is 0.708. The van der Waals surface area contributed by atoms with E-state index >= 15 is 0 Å². The van der Waals surface area contributed by atoms with Crippen LogP contribution in [0.2, 0.25) is 0 Å². The van der Waals surface area contributed by atoms with E-state index in [1.54, 1.807) is 0 Å². The first kappa shape index (κ1) is 48.0. The highest BCUT2D eigenvalue weighted by Gasteiger charge is 2.20. The van der Waals surface area contributed by atoms with Crippen LogP contribution in [-0.4, -0.2) is 9.13 Å². The molecule has 0 atom stereocenters. The van der Waals surface area contributed by atoms with E-state index in [0.717, 1.165) is 34.0 Å². The van der Waals surface area contributed by atoms with Gasteiger partial charge in [-0.2, -0.15) is 0 Å². The van der Waals surface area contributed by atoms with Crippen LogP contribution in [0.25, 0.3) is 143 Å². The second kappa shape index (κ2) is 20.0. The van der Waals surface area contributed by atoms with Crippen molar-refractivity contribution in [2.75, 3.05) is 0 Å². The van der Waals surface area contributed by atoms with Crippen LogP contribution < -0.4 is 4.74 Å². The minimum absolute atomic E-state index is 0.783. The SMILES string of the molecule is c1ccc(-c2ccc3c(c2)c2cc(-c4ccccc4)ccc2n3-c2ccc(-c3ccc(Oc4ccc(-c5ccc(-n6c7ccc(-c8ccccc8)cc7c7cc(-c8ccccc8)ccc76)c6ccccc56)cc4)cc3)c3ccccc23)cc1. The molecule has 0 amide bonds. The standard InChI is InChI=1S/C80H52N2O/c1-5-17-53(18-6-1)59-33-43-77-71(49-59)72-50-60(54-19-7-2-8-20-54)34-44-78(72)81(77)75-47-41-65(67-25-13-15-27-69(67)75)57-29-37-63(38-30-57)83-64-39-31-58(32-40-64)66-42-48-76(70-28-16-14-26-68(66)70)82-79-45-35-61(55-21-9-3-10-22-55)51-73(79)74-52-62(36-46-80(74)82)56-23-11-4-12-24-56/h1-52H. The van der Waals surface area contributed by atoms with E-state index in [4.69, 9.17) is 4.74 Å². The van der Waals surface area contributed by atoms with Crippen LogP contribution in [0.3, 0.4) is 0 Å². The molecule has 0 radical (unpaired) electrons. The van der Waals surface area contributed by atoms with Gasteiger partial charge in [-0.3, -0.25) is 0 Å². The number of nitrogens with zero attached hydrogens (tertiary/aromatic N) is 2. The molecule has 0 bridgehead atoms. The van der Waals surface area contributed by atoms with Crippen molar-refractivity contribution < 1.29 is 4.74 Å². The van der Waals surface area contributed by atoms with Gasteiger partial charge < -0.3 is 13.9 Å². The Morgan fingerprint density at radius 2 is 0.446 bits per heavy atom. The number of hydrogen-bond donors (Lipinski definition) is 0. The normalized spacial score (nSPS) is 11.6. The predicted octanol–water partition coefficient (Wildman–Crippen LogP) is 22.0. The number of benzene rings is 14. The first-order chi connectivity index (χ1) is 41.1. The molecule has 0 saturated heterocycles. The van der Waals surface area contributed by atoms with Gasteiger partial charge in [0.05, 0.1) is 33.4 Å². The molecule has 0 aliphatic heterocycles. The second-order valence-electron chi connectivity index (χ2n) is 21.6. The van der Waals surface area contributed by atoms with Gasteiger partial charge in [-0.1, -0.05) is 231 Å². The van der Waals surface area contributed by atoms with Gasteiger partial charge in [-0.25, -0.2) is 0 Å². The third-order valence-electron chi connectivity index (χ3n) is 16.8. The average Bonchev–Trinajstić information content (AvgIpc) is 2.62. The summed E-state index contributed by atoms with van der Waals surface area (Å²) < 4.78 is 11.5. The van der Waals surface area contributed by atoms with Crippen LogP contribution in [-0.2, 0) is 0 Å². The highest BCUT2D eigenvalue weighted by atomic mass is 16.5. The molecule has 388 valence electrons. The van der Waals surface area contributed by atoms with Crippen molar-refractivity contribution in [3.8, 4) is 89.6 Å². The summed E-state index contributed by atoms with van der Waals surface area (Å²) in [5, 5.41) is 9.68. The van der Waals surface area contributed by atoms with E-state index in [0.29, 0.717) is 0 Å². The zero-order valence-corrected chi connectivity index (χ0v) is 45.3. The molecule has 3 nitrogen and oxygen atoms in total. The Hall–Kier alpha value is -11.0. The van der Waals surface area contributed by atoms with Crippen LogP contribution >= 0.6 is 0 Å². The van der Waals surface area contributed by atoms with Crippen LogP contribution in [0.1, 0.15) is 0 Å². The third-order valence-corrected chi connectivity index (χ3v) is 16.8. The van der Waals surface area contributed by atoms with Crippen LogP contribution in [0.4, 0.5) is 0 Å². The van der Waals surface area contributed by atoms with E-state index < -0.39 is 0 Å². The smallest absolute Gasteiger partial charge is 0.127 e. The summed E-state index contributed by atoms with van der Waals surface area (Å²) in [7, 11) is 0. The summed E-state index contributed by atoms with van der Waals surface area (Å²) in [4.78, 5) is 0. The van der Waals surface area contributed by atoms with Gasteiger partial charge in [-0.15, -0.1) is 0 Å². The molecule has 0 unspecified atom stereocenters. The van der Waals surface area contributed by atoms with E-state index in [1.165, 1.54) is 121 Å². The van der Waals surface area contributed by atoms with Gasteiger partial charge in [0.1, 0.15) is 11.5 Å². The summed E-state index contributed by atoms with van der Waals surface area (Å²) in [6, 6.07) is 114. The van der Waals surface area contributed by atoms with E-state index in [-0.39, 0.29) is 0 Å². The lowest BCUT2D eigenvalue weighted by Crippen LogP contribution is -1.96. The molecule has 83 heavy (non-hydrogen) atoms. The molecule has 0 N–H and O–H groups in total. The lowest BCUT2D eigenvalue weighted by Gasteiger charge is -2.16. The maximum Gasteiger partial charge on any atom is 0.127 e. The summed E-state index contributed by atoms with van der Waals surface area (Å²) in [6.07, 6.45) is 0. The molecule has 3 heteroatoms. The Labute approximate surface area is 481 Å². The summed E-state index contributed by atoms with van der Waals surface area (Å²) in [6.45, 7) is 0. The highest BCUT2D eigenvalue weighted by Crippen LogP contribution is 2.44. The van der Waals surface area contributed by atoms with Gasteiger partial charge >= 0.3 is 0 Å². The Bertz CT molecular complexity index is 4600. The van der Waals surface area contributed by atoms with Crippen molar-refractivity contribution in [1.29, 1.82) is 0 Å². The van der Waals surface area contributed by atoms with E-state index in [2.05, 4.69) is 325 Å². The molecule has 0 aliphatic rings. The summed E-state index contributed by atoms with van der Waals surface area (Å²) >= 11 is 0. The Kier molecular flexibility index (Phi) is 11.5. The maximum absolute atomic E-state index is 6.57. The number of fused-ring (bicyclic) bond motifs is 8. The van der Waals surface area contributed by atoms with Crippen LogP contribution in [0.5, 0.6) is 11.5 Å². The highest BCUT2D eigenvalue weighted by molar-refractivity contribution is 6.15. The minimum Gasteiger partial charge on any atom is -0.457 e. The van der Waals surface area contributed by atoms with Gasteiger partial charge in [-0.05, 0) is 162 Å². The van der Waals surface area contributed by atoms with Gasteiger partial charge in [0.2, 0.25) is 0 Å². The van der Waals surface area contributed by atoms with Crippen molar-refractivity contribution in [1.82, 2.24) is 9.13 Å². The topological polar surface area (TPSA) is 19.1 Å². The molecular formula is C80H52N2O. The Morgan fingerprint density at radius 1 is 0.181 bits per heavy atom. The van der Waals surface area contributed by atoms with E-state index in [9.17, 15) is 0 Å². The molecule has 2 heterocycles. The summed E-state index contributed by atoms with van der Waals surface area (Å²) in [5.41, 5.74) is 21.2. The second-order valence-corrected chi connectivity index (χ2v) is 21.6. The lowest BCUT2D eigenvalue weighted by atomic mass is 9.96. The number of aromatic nitrogens is 2. The molecule has 0 saturated carbocycles. The zero-order valence-electron chi connectivity index (χ0n) is 45.3. The number of ether oxygens (including phenoxy) is 1. The molecule has 16 aromatic rings. The minimum atomic E-state index is 0.783. The molecular weight excluding hydrogens is 1000 g/mol. The number of hydrogen-bond acceptors (Lipinski definition) is 1. The van der Waals surface area contributed by atoms with Crippen LogP contribution in [0, 0.1) is 0 Å². The van der Waals surface area contributed by atoms with Crippen molar-refractivity contribution in [3.05, 3.63) is 315 Å². The fourth-order valence-corrected chi connectivity index (χ4v) is 12.8. The lowest BCUT2D eigenvalue weighted by molar-refractivity contribution is 0.483.